The van der Waals surface area contributed by atoms with Crippen molar-refractivity contribution in [2.24, 2.45) is 0 Å². The highest BCUT2D eigenvalue weighted by Crippen LogP contribution is 2.33. The van der Waals surface area contributed by atoms with Crippen LogP contribution in [-0.2, 0) is 16.0 Å². The second-order valence-corrected chi connectivity index (χ2v) is 9.01. The largest absolute Gasteiger partial charge is 0.465 e. The lowest BCUT2D eigenvalue weighted by molar-refractivity contribution is 0.0475. The van der Waals surface area contributed by atoms with E-state index in [1.165, 1.54) is 12.0 Å². The molecule has 8 heteroatoms. The molecule has 3 aliphatic heterocycles. The fourth-order valence-electron chi connectivity index (χ4n) is 5.01. The van der Waals surface area contributed by atoms with E-state index in [9.17, 15) is 14.4 Å². The van der Waals surface area contributed by atoms with Crippen LogP contribution in [0.15, 0.2) is 42.5 Å². The number of carbonyl (C=O) groups is 3. The minimum atomic E-state index is -0.335. The van der Waals surface area contributed by atoms with Gasteiger partial charge in [-0.25, -0.2) is 4.79 Å². The van der Waals surface area contributed by atoms with E-state index in [0.29, 0.717) is 29.8 Å². The normalized spacial score (nSPS) is 20.7. The van der Waals surface area contributed by atoms with Gasteiger partial charge in [0.05, 0.1) is 42.1 Å². The number of fused-ring (bicyclic) bond motifs is 1. The quantitative estimate of drug-likeness (QED) is 0.481. The van der Waals surface area contributed by atoms with Gasteiger partial charge in [0.25, 0.3) is 11.8 Å². The summed E-state index contributed by atoms with van der Waals surface area (Å²) in [6.45, 7) is 5.02. The van der Waals surface area contributed by atoms with Gasteiger partial charge in [-0.3, -0.25) is 19.4 Å². The first kappa shape index (κ1) is 22.6. The molecule has 3 heterocycles. The van der Waals surface area contributed by atoms with Crippen molar-refractivity contribution in [1.82, 2.24) is 9.80 Å². The van der Waals surface area contributed by atoms with E-state index in [0.717, 1.165) is 56.8 Å². The van der Waals surface area contributed by atoms with Crippen LogP contribution >= 0.6 is 0 Å². The number of benzene rings is 2. The van der Waals surface area contributed by atoms with Crippen LogP contribution in [0.1, 0.15) is 49.5 Å². The van der Waals surface area contributed by atoms with Crippen molar-refractivity contribution < 1.29 is 23.9 Å². The van der Waals surface area contributed by atoms with Crippen molar-refractivity contribution in [3.05, 3.63) is 64.7 Å². The number of anilines is 1. The van der Waals surface area contributed by atoms with E-state index in [1.807, 2.05) is 24.3 Å². The number of ether oxygens (including phenoxy) is 2. The fourth-order valence-corrected chi connectivity index (χ4v) is 5.01. The van der Waals surface area contributed by atoms with Crippen molar-refractivity contribution in [3.63, 3.8) is 0 Å². The van der Waals surface area contributed by atoms with Gasteiger partial charge >= 0.3 is 5.97 Å². The first-order valence-corrected chi connectivity index (χ1v) is 11.8. The summed E-state index contributed by atoms with van der Waals surface area (Å²) in [4.78, 5) is 43.7. The van der Waals surface area contributed by atoms with E-state index >= 15 is 0 Å². The number of imide groups is 1. The number of hydrogen-bond donors (Lipinski definition) is 0. The molecule has 0 spiro atoms. The van der Waals surface area contributed by atoms with Gasteiger partial charge in [0, 0.05) is 39.3 Å². The smallest absolute Gasteiger partial charge is 0.337 e. The number of methoxy groups -OCH3 is 1. The van der Waals surface area contributed by atoms with Crippen LogP contribution < -0.4 is 4.90 Å². The molecule has 5 rings (SSSR count). The first-order chi connectivity index (χ1) is 16.5. The molecule has 2 amide bonds. The van der Waals surface area contributed by atoms with Gasteiger partial charge in [-0.2, -0.15) is 0 Å². The fraction of sp³-hybridized carbons (Fsp3) is 0.423. The van der Waals surface area contributed by atoms with Crippen molar-refractivity contribution in [2.75, 3.05) is 51.3 Å². The van der Waals surface area contributed by atoms with Gasteiger partial charge in [-0.1, -0.05) is 18.2 Å². The van der Waals surface area contributed by atoms with Gasteiger partial charge in [-0.15, -0.1) is 0 Å². The van der Waals surface area contributed by atoms with Crippen molar-refractivity contribution in [3.8, 4) is 0 Å². The molecule has 0 unspecified atom stereocenters. The Morgan fingerprint density at radius 1 is 1.03 bits per heavy atom. The second kappa shape index (κ2) is 9.56. The Hall–Kier alpha value is -3.23. The average molecular weight is 464 g/mol. The molecule has 34 heavy (non-hydrogen) atoms. The number of nitrogens with zero attached hydrogens (tertiary/aromatic N) is 3. The number of carbonyl (C=O) groups excluding carboxylic acids is 3. The molecule has 0 N–H and O–H groups in total. The molecule has 0 radical (unpaired) electrons. The molecular formula is C26H29N3O5. The molecule has 2 saturated heterocycles. The van der Waals surface area contributed by atoms with Gasteiger partial charge in [0.2, 0.25) is 0 Å². The third-order valence-corrected chi connectivity index (χ3v) is 6.88. The molecule has 0 bridgehead atoms. The Morgan fingerprint density at radius 3 is 2.47 bits per heavy atom. The van der Waals surface area contributed by atoms with Gasteiger partial charge in [0.1, 0.15) is 0 Å². The minimum Gasteiger partial charge on any atom is -0.465 e. The summed E-state index contributed by atoms with van der Waals surface area (Å²) in [7, 11) is 1.38. The number of esters is 1. The maximum atomic E-state index is 13.2. The number of hydrogen-bond acceptors (Lipinski definition) is 7. The molecule has 0 aromatic heterocycles. The SMILES string of the molecule is COC(=O)c1ccc(CN2CCN(c3cccc4c3C(=O)N(C[C@@H]3CCCO3)C4=O)CC2)cc1. The predicted octanol–water partition coefficient (Wildman–Crippen LogP) is 2.57. The van der Waals surface area contributed by atoms with Gasteiger partial charge < -0.3 is 14.4 Å². The molecule has 0 aliphatic carbocycles. The van der Waals surface area contributed by atoms with Gasteiger partial charge in [-0.05, 0) is 42.7 Å². The molecule has 2 fully saturated rings. The first-order valence-electron chi connectivity index (χ1n) is 11.8. The van der Waals surface area contributed by atoms with Crippen LogP contribution in [0.3, 0.4) is 0 Å². The van der Waals surface area contributed by atoms with Crippen molar-refractivity contribution in [1.29, 1.82) is 0 Å². The monoisotopic (exact) mass is 463 g/mol. The maximum absolute atomic E-state index is 13.2. The lowest BCUT2D eigenvalue weighted by Gasteiger charge is -2.36. The molecule has 1 atom stereocenters. The van der Waals surface area contributed by atoms with E-state index in [2.05, 4.69) is 9.80 Å². The van der Waals surface area contributed by atoms with Crippen molar-refractivity contribution in [2.45, 2.75) is 25.5 Å². The van der Waals surface area contributed by atoms with E-state index in [4.69, 9.17) is 9.47 Å². The topological polar surface area (TPSA) is 79.4 Å². The van der Waals surface area contributed by atoms with E-state index in [1.54, 1.807) is 18.2 Å². The molecule has 2 aromatic carbocycles. The highest BCUT2D eigenvalue weighted by molar-refractivity contribution is 6.23. The zero-order valence-corrected chi connectivity index (χ0v) is 19.4. The summed E-state index contributed by atoms with van der Waals surface area (Å²) in [5, 5.41) is 0. The Balaban J connectivity index is 1.24. The molecule has 178 valence electrons. The number of piperazine rings is 1. The van der Waals surface area contributed by atoms with Crippen LogP contribution in [0.4, 0.5) is 5.69 Å². The van der Waals surface area contributed by atoms with E-state index in [-0.39, 0.29) is 23.9 Å². The summed E-state index contributed by atoms with van der Waals surface area (Å²) < 4.78 is 10.4. The second-order valence-electron chi connectivity index (χ2n) is 9.01. The Bertz CT molecular complexity index is 1090. The number of amides is 2. The summed E-state index contributed by atoms with van der Waals surface area (Å²) >= 11 is 0. The van der Waals surface area contributed by atoms with E-state index < -0.39 is 0 Å². The third-order valence-electron chi connectivity index (χ3n) is 6.88. The van der Waals surface area contributed by atoms with Crippen LogP contribution in [0, 0.1) is 0 Å². The molecule has 0 saturated carbocycles. The van der Waals surface area contributed by atoms with Gasteiger partial charge in [0.15, 0.2) is 0 Å². The average Bonchev–Trinajstić information content (AvgIpc) is 3.47. The standard InChI is InChI=1S/C26H29N3O5/c1-33-26(32)19-9-7-18(8-10-19)16-27-11-13-28(14-12-27)22-6-2-5-21-23(22)25(31)29(24(21)30)17-20-4-3-15-34-20/h2,5-10,20H,3-4,11-17H2,1H3/t20-/m0/s1. The lowest BCUT2D eigenvalue weighted by Crippen LogP contribution is -2.46. The Morgan fingerprint density at radius 2 is 1.79 bits per heavy atom. The third kappa shape index (κ3) is 4.31. The maximum Gasteiger partial charge on any atom is 0.337 e. The summed E-state index contributed by atoms with van der Waals surface area (Å²) in [5.74, 6) is -0.761. The van der Waals surface area contributed by atoms with Crippen LogP contribution in [-0.4, -0.2) is 80.1 Å². The summed E-state index contributed by atoms with van der Waals surface area (Å²) in [6.07, 6.45) is 1.79. The highest BCUT2D eigenvalue weighted by Gasteiger charge is 2.40. The zero-order valence-electron chi connectivity index (χ0n) is 19.4. The molecular weight excluding hydrogens is 434 g/mol. The molecule has 8 nitrogen and oxygen atoms in total. The molecule has 3 aliphatic rings. The highest BCUT2D eigenvalue weighted by atomic mass is 16.5. The predicted molar refractivity (Wildman–Crippen MR) is 126 cm³/mol. The zero-order chi connectivity index (χ0) is 23.7. The Labute approximate surface area is 199 Å². The van der Waals surface area contributed by atoms with Crippen LogP contribution in [0.2, 0.25) is 0 Å². The Kier molecular flexibility index (Phi) is 6.34. The lowest BCUT2D eigenvalue weighted by atomic mass is 10.1. The summed E-state index contributed by atoms with van der Waals surface area (Å²) in [5.41, 5.74) is 3.53. The summed E-state index contributed by atoms with van der Waals surface area (Å²) in [6, 6.07) is 13.0. The number of rotatable bonds is 6. The minimum absolute atomic E-state index is 0.0594. The molecule has 2 aromatic rings. The van der Waals surface area contributed by atoms with Crippen molar-refractivity contribution >= 4 is 23.5 Å². The van der Waals surface area contributed by atoms with Crippen LogP contribution in [0.5, 0.6) is 0 Å². The van der Waals surface area contributed by atoms with Crippen LogP contribution in [0.25, 0.3) is 0 Å².